The summed E-state index contributed by atoms with van der Waals surface area (Å²) in [6.07, 6.45) is 2.52. The van der Waals surface area contributed by atoms with Gasteiger partial charge in [-0.3, -0.25) is 9.69 Å². The number of Topliss-reactive ketones (excluding diaryl/α,β-unsaturated/α-hetero) is 1. The number of anilines is 1. The minimum absolute atomic E-state index is 0.217. The summed E-state index contributed by atoms with van der Waals surface area (Å²) in [7, 11) is 0. The molecule has 0 bridgehead atoms. The van der Waals surface area contributed by atoms with Gasteiger partial charge in [-0.25, -0.2) is 0 Å². The lowest BCUT2D eigenvalue weighted by atomic mass is 10.1. The summed E-state index contributed by atoms with van der Waals surface area (Å²) in [5.74, 6) is 1.16. The highest BCUT2D eigenvalue weighted by atomic mass is 16.5. The van der Waals surface area contributed by atoms with E-state index in [0.717, 1.165) is 80.6 Å². The first-order valence-corrected chi connectivity index (χ1v) is 11.6. The minimum atomic E-state index is 0.217. The van der Waals surface area contributed by atoms with Gasteiger partial charge in [-0.15, -0.1) is 0 Å². The number of ether oxygens (including phenoxy) is 2. The number of aromatic nitrogens is 1. The summed E-state index contributed by atoms with van der Waals surface area (Å²) in [6.45, 7) is 12.6. The third kappa shape index (κ3) is 4.96. The maximum absolute atomic E-state index is 13.1. The maximum atomic E-state index is 13.1. The molecule has 0 amide bonds. The second kappa shape index (κ2) is 9.88. The van der Waals surface area contributed by atoms with Gasteiger partial charge in [-0.05, 0) is 51.8 Å². The summed E-state index contributed by atoms with van der Waals surface area (Å²) >= 11 is 0. The van der Waals surface area contributed by atoms with Crippen molar-refractivity contribution >= 4 is 11.5 Å². The number of aryl methyl sites for hydroxylation is 1. The SMILES string of the molecule is CCOc1ccccc1N1CCN(CC(=O)c2cc(C)n(C[C@@H]3CCCO3)c2C)CC1. The van der Waals surface area contributed by atoms with Crippen LogP contribution in [0.1, 0.15) is 41.5 Å². The fourth-order valence-electron chi connectivity index (χ4n) is 4.79. The van der Waals surface area contributed by atoms with Gasteiger partial charge in [0.05, 0.1) is 24.9 Å². The summed E-state index contributed by atoms with van der Waals surface area (Å²) in [6, 6.07) is 10.3. The average Bonchev–Trinajstić information content (AvgIpc) is 3.39. The quantitative estimate of drug-likeness (QED) is 0.604. The summed E-state index contributed by atoms with van der Waals surface area (Å²) in [5.41, 5.74) is 4.23. The van der Waals surface area contributed by atoms with Crippen molar-refractivity contribution in [3.63, 3.8) is 0 Å². The van der Waals surface area contributed by atoms with Gasteiger partial charge in [0, 0.05) is 56.3 Å². The van der Waals surface area contributed by atoms with E-state index in [-0.39, 0.29) is 11.9 Å². The van der Waals surface area contributed by atoms with Crippen LogP contribution in [0.15, 0.2) is 30.3 Å². The van der Waals surface area contributed by atoms with Crippen LogP contribution in [0.3, 0.4) is 0 Å². The molecule has 0 radical (unpaired) electrons. The number of para-hydroxylation sites is 2. The standard InChI is InChI=1S/C25H35N3O3/c1-4-30-25-10-6-5-9-23(25)27-13-11-26(12-14-27)18-24(29)22-16-19(2)28(20(22)3)17-21-8-7-15-31-21/h5-6,9-10,16,21H,4,7-8,11-15,17-18H2,1-3H3/t21-/m0/s1. The molecule has 1 aromatic carbocycles. The van der Waals surface area contributed by atoms with Crippen molar-refractivity contribution in [1.82, 2.24) is 9.47 Å². The van der Waals surface area contributed by atoms with Crippen molar-refractivity contribution in [2.24, 2.45) is 0 Å². The molecule has 31 heavy (non-hydrogen) atoms. The van der Waals surface area contributed by atoms with E-state index in [4.69, 9.17) is 9.47 Å². The minimum Gasteiger partial charge on any atom is -0.492 e. The Hall–Kier alpha value is -2.31. The second-order valence-corrected chi connectivity index (χ2v) is 8.62. The van der Waals surface area contributed by atoms with Crippen LogP contribution in [0.25, 0.3) is 0 Å². The van der Waals surface area contributed by atoms with E-state index in [0.29, 0.717) is 13.2 Å². The lowest BCUT2D eigenvalue weighted by molar-refractivity contribution is 0.0918. The highest BCUT2D eigenvalue weighted by Gasteiger charge is 2.24. The third-order valence-electron chi connectivity index (χ3n) is 6.53. The van der Waals surface area contributed by atoms with E-state index < -0.39 is 0 Å². The molecule has 1 aromatic heterocycles. The number of nitrogens with zero attached hydrogens (tertiary/aromatic N) is 3. The van der Waals surface area contributed by atoms with Crippen LogP contribution >= 0.6 is 0 Å². The molecule has 2 aliphatic heterocycles. The molecule has 0 unspecified atom stereocenters. The summed E-state index contributed by atoms with van der Waals surface area (Å²) in [5, 5.41) is 0. The monoisotopic (exact) mass is 425 g/mol. The van der Waals surface area contributed by atoms with Gasteiger partial charge in [0.25, 0.3) is 0 Å². The largest absolute Gasteiger partial charge is 0.492 e. The molecule has 0 saturated carbocycles. The molecule has 1 atom stereocenters. The second-order valence-electron chi connectivity index (χ2n) is 8.62. The zero-order valence-corrected chi connectivity index (χ0v) is 19.1. The first kappa shape index (κ1) is 21.9. The van der Waals surface area contributed by atoms with Crippen molar-refractivity contribution in [2.45, 2.75) is 46.3 Å². The fourth-order valence-corrected chi connectivity index (χ4v) is 4.79. The van der Waals surface area contributed by atoms with Gasteiger partial charge in [0.1, 0.15) is 5.75 Å². The van der Waals surface area contributed by atoms with E-state index in [2.05, 4.69) is 46.4 Å². The molecular formula is C25H35N3O3. The van der Waals surface area contributed by atoms with Crippen LogP contribution in [0.2, 0.25) is 0 Å². The van der Waals surface area contributed by atoms with Crippen LogP contribution in [-0.2, 0) is 11.3 Å². The Morgan fingerprint density at radius 1 is 1.16 bits per heavy atom. The smallest absolute Gasteiger partial charge is 0.178 e. The van der Waals surface area contributed by atoms with Gasteiger partial charge in [-0.2, -0.15) is 0 Å². The van der Waals surface area contributed by atoms with E-state index in [1.54, 1.807) is 0 Å². The van der Waals surface area contributed by atoms with Crippen LogP contribution in [-0.4, -0.2) is 67.3 Å². The van der Waals surface area contributed by atoms with Crippen LogP contribution in [0, 0.1) is 13.8 Å². The Morgan fingerprint density at radius 3 is 2.65 bits per heavy atom. The highest BCUT2D eigenvalue weighted by Crippen LogP contribution is 2.29. The zero-order valence-electron chi connectivity index (χ0n) is 19.1. The van der Waals surface area contributed by atoms with Crippen molar-refractivity contribution in [2.75, 3.05) is 50.8 Å². The number of benzene rings is 1. The number of rotatable bonds is 8. The molecule has 0 N–H and O–H groups in total. The lowest BCUT2D eigenvalue weighted by Gasteiger charge is -2.36. The van der Waals surface area contributed by atoms with Gasteiger partial charge in [0.15, 0.2) is 5.78 Å². The normalized spacial score (nSPS) is 19.7. The molecule has 0 spiro atoms. The number of hydrogen-bond acceptors (Lipinski definition) is 5. The van der Waals surface area contributed by atoms with Crippen LogP contribution in [0.5, 0.6) is 5.75 Å². The Balaban J connectivity index is 1.35. The van der Waals surface area contributed by atoms with E-state index in [1.165, 1.54) is 0 Å². The average molecular weight is 426 g/mol. The number of piperazine rings is 1. The van der Waals surface area contributed by atoms with Gasteiger partial charge in [0.2, 0.25) is 0 Å². The Bertz CT molecular complexity index is 893. The number of carbonyl (C=O) groups excluding carboxylic acids is 1. The highest BCUT2D eigenvalue weighted by molar-refractivity contribution is 5.99. The Morgan fingerprint density at radius 2 is 1.94 bits per heavy atom. The molecule has 2 aliphatic rings. The van der Waals surface area contributed by atoms with Crippen molar-refractivity contribution in [3.8, 4) is 5.75 Å². The van der Waals surface area contributed by atoms with E-state index in [1.807, 2.05) is 19.1 Å². The molecule has 4 rings (SSSR count). The molecule has 6 nitrogen and oxygen atoms in total. The Kier molecular flexibility index (Phi) is 6.98. The van der Waals surface area contributed by atoms with Crippen molar-refractivity contribution in [1.29, 1.82) is 0 Å². The van der Waals surface area contributed by atoms with E-state index >= 15 is 0 Å². The first-order valence-electron chi connectivity index (χ1n) is 11.6. The maximum Gasteiger partial charge on any atom is 0.178 e. The van der Waals surface area contributed by atoms with Gasteiger partial charge in [-0.1, -0.05) is 12.1 Å². The lowest BCUT2D eigenvalue weighted by Crippen LogP contribution is -2.48. The molecule has 2 aromatic rings. The molecule has 2 saturated heterocycles. The molecular weight excluding hydrogens is 390 g/mol. The van der Waals surface area contributed by atoms with Crippen LogP contribution in [0.4, 0.5) is 5.69 Å². The molecule has 2 fully saturated rings. The summed E-state index contributed by atoms with van der Waals surface area (Å²) in [4.78, 5) is 17.7. The number of carbonyl (C=O) groups is 1. The first-order chi connectivity index (χ1) is 15.1. The fraction of sp³-hybridized carbons (Fsp3) is 0.560. The molecule has 6 heteroatoms. The van der Waals surface area contributed by atoms with Gasteiger partial charge < -0.3 is 18.9 Å². The molecule has 3 heterocycles. The Labute approximate surface area is 185 Å². The zero-order chi connectivity index (χ0) is 21.8. The third-order valence-corrected chi connectivity index (χ3v) is 6.53. The topological polar surface area (TPSA) is 46.9 Å². The number of hydrogen-bond donors (Lipinski definition) is 0. The molecule has 168 valence electrons. The van der Waals surface area contributed by atoms with Crippen LogP contribution < -0.4 is 9.64 Å². The van der Waals surface area contributed by atoms with Crippen molar-refractivity contribution < 1.29 is 14.3 Å². The van der Waals surface area contributed by atoms with Gasteiger partial charge >= 0.3 is 0 Å². The predicted molar refractivity (Wildman–Crippen MR) is 123 cm³/mol. The van der Waals surface area contributed by atoms with Crippen molar-refractivity contribution in [3.05, 3.63) is 47.3 Å². The predicted octanol–water partition coefficient (Wildman–Crippen LogP) is 3.69. The number of ketones is 1. The summed E-state index contributed by atoms with van der Waals surface area (Å²) < 4.78 is 13.8. The molecule has 0 aliphatic carbocycles. The van der Waals surface area contributed by atoms with E-state index in [9.17, 15) is 4.79 Å².